The van der Waals surface area contributed by atoms with Crippen LogP contribution in [0.5, 0.6) is 0 Å². The van der Waals surface area contributed by atoms with E-state index in [1.807, 2.05) is 30.3 Å². The van der Waals surface area contributed by atoms with Crippen molar-refractivity contribution in [1.29, 1.82) is 10.5 Å². The fourth-order valence-electron chi connectivity index (χ4n) is 13.2. The summed E-state index contributed by atoms with van der Waals surface area (Å²) in [5.41, 5.74) is 24.0. The van der Waals surface area contributed by atoms with Gasteiger partial charge in [-0.15, -0.1) is 0 Å². The molecule has 2 heterocycles. The van der Waals surface area contributed by atoms with Crippen LogP contribution in [0, 0.1) is 78.1 Å². The summed E-state index contributed by atoms with van der Waals surface area (Å²) in [6.45, 7) is 16.9. The fraction of sp³-hybridized carbons (Fsp3) is 0.117. The van der Waals surface area contributed by atoms with Crippen LogP contribution in [0.3, 0.4) is 0 Å². The molecule has 0 atom stereocenters. The molecular formula is C77H57F3N4. The van der Waals surface area contributed by atoms with Crippen LogP contribution < -0.4 is 0 Å². The first-order valence-electron chi connectivity index (χ1n) is 28.2. The Morgan fingerprint density at radius 3 is 0.976 bits per heavy atom. The molecule has 0 fully saturated rings. The molecular weight excluding hydrogens is 1040 g/mol. The molecule has 0 spiro atoms. The van der Waals surface area contributed by atoms with Crippen molar-refractivity contribution in [2.24, 2.45) is 0 Å². The van der Waals surface area contributed by atoms with Gasteiger partial charge in [-0.25, -0.2) is 0 Å². The van der Waals surface area contributed by atoms with Gasteiger partial charge in [0.1, 0.15) is 0 Å². The van der Waals surface area contributed by atoms with E-state index in [4.69, 9.17) is 0 Å². The van der Waals surface area contributed by atoms with Crippen molar-refractivity contribution in [1.82, 2.24) is 9.13 Å². The number of fused-ring (bicyclic) bond motifs is 6. The molecule has 0 aliphatic heterocycles. The summed E-state index contributed by atoms with van der Waals surface area (Å²) in [5, 5.41) is 26.5. The third-order valence-corrected chi connectivity index (χ3v) is 16.4. The zero-order chi connectivity index (χ0) is 58.5. The van der Waals surface area contributed by atoms with Crippen molar-refractivity contribution >= 4 is 43.6 Å². The van der Waals surface area contributed by atoms with Crippen LogP contribution in [0.2, 0.25) is 0 Å². The lowest BCUT2D eigenvalue weighted by Gasteiger charge is -2.23. The number of nitrogens with zero attached hydrogens (tertiary/aromatic N) is 4. The van der Waals surface area contributed by atoms with Crippen LogP contribution in [-0.2, 0) is 6.18 Å². The van der Waals surface area contributed by atoms with E-state index in [2.05, 4.69) is 222 Å². The van der Waals surface area contributed by atoms with E-state index in [1.165, 1.54) is 6.07 Å². The number of benzene rings is 11. The summed E-state index contributed by atoms with van der Waals surface area (Å²) in [6.07, 6.45) is -4.70. The van der Waals surface area contributed by atoms with Crippen molar-refractivity contribution in [3.63, 3.8) is 0 Å². The highest BCUT2D eigenvalue weighted by Crippen LogP contribution is 2.49. The van der Waals surface area contributed by atoms with Crippen LogP contribution in [0.4, 0.5) is 13.2 Å². The second-order valence-electron chi connectivity index (χ2n) is 23.0. The summed E-state index contributed by atoms with van der Waals surface area (Å²) >= 11 is 0. The number of aryl methyl sites for hydroxylation is 8. The zero-order valence-electron chi connectivity index (χ0n) is 48.0. The van der Waals surface area contributed by atoms with Crippen LogP contribution in [0.1, 0.15) is 61.2 Å². The topological polar surface area (TPSA) is 57.4 Å². The van der Waals surface area contributed by atoms with E-state index in [9.17, 15) is 23.7 Å². The molecule has 7 heteroatoms. The van der Waals surface area contributed by atoms with Gasteiger partial charge in [0.05, 0.1) is 62.3 Å². The van der Waals surface area contributed by atoms with Crippen LogP contribution in [0.25, 0.3) is 122 Å². The predicted molar refractivity (Wildman–Crippen MR) is 340 cm³/mol. The molecule has 84 heavy (non-hydrogen) atoms. The van der Waals surface area contributed by atoms with E-state index < -0.39 is 11.7 Å². The molecule has 0 saturated carbocycles. The molecule has 0 amide bonds. The summed E-state index contributed by atoms with van der Waals surface area (Å²) < 4.78 is 48.3. The standard InChI is InChI=1S/C77H57F3N4/c1-44-25-45(2)30-57(29-44)52-15-21-69-65(38-52)66-39-53(58-31-46(3)26-47(4)32-58)16-22-70(66)83(69)73-13-9-11-56(42-81)75(73)76-64(63-20-19-62(77(78,79)80)37-61(63)43-82)12-10-14-74(76)84-71-23-17-54(59-33-48(5)27-49(6)34-59)40-67(71)68-41-55(18-24-72(68)84)60-35-50(7)28-51(8)36-60/h9-41H,1-8H3. The lowest BCUT2D eigenvalue weighted by atomic mass is 9.87. The maximum atomic E-state index is 14.6. The quantitative estimate of drug-likeness (QED) is 0.152. The minimum atomic E-state index is -4.70. The van der Waals surface area contributed by atoms with Crippen LogP contribution in [0.15, 0.2) is 200 Å². The highest BCUT2D eigenvalue weighted by molar-refractivity contribution is 6.15. The first kappa shape index (κ1) is 53.1. The number of aromatic nitrogens is 2. The number of rotatable bonds is 8. The highest BCUT2D eigenvalue weighted by Gasteiger charge is 2.33. The lowest BCUT2D eigenvalue weighted by molar-refractivity contribution is -0.137. The van der Waals surface area contributed by atoms with E-state index in [0.29, 0.717) is 39.2 Å². The minimum Gasteiger partial charge on any atom is -0.309 e. The van der Waals surface area contributed by atoms with Crippen molar-refractivity contribution < 1.29 is 13.2 Å². The average Bonchev–Trinajstić information content (AvgIpc) is 2.27. The van der Waals surface area contributed by atoms with E-state index in [-0.39, 0.29) is 5.56 Å². The molecule has 13 rings (SSSR count). The molecule has 0 aliphatic rings. The Morgan fingerprint density at radius 1 is 0.310 bits per heavy atom. The van der Waals surface area contributed by atoms with Gasteiger partial charge in [0.2, 0.25) is 0 Å². The van der Waals surface area contributed by atoms with Gasteiger partial charge in [-0.05, 0) is 184 Å². The molecule has 13 aromatic rings. The molecule has 2 aromatic heterocycles. The van der Waals surface area contributed by atoms with E-state index >= 15 is 0 Å². The predicted octanol–water partition coefficient (Wildman–Crippen LogP) is 21.1. The van der Waals surface area contributed by atoms with Crippen molar-refractivity contribution in [2.45, 2.75) is 61.6 Å². The monoisotopic (exact) mass is 1090 g/mol. The second-order valence-corrected chi connectivity index (χ2v) is 23.0. The van der Waals surface area contributed by atoms with Crippen LogP contribution >= 0.6 is 0 Å². The number of hydrogen-bond donors (Lipinski definition) is 0. The maximum Gasteiger partial charge on any atom is 0.416 e. The Hall–Kier alpha value is -10.2. The molecule has 406 valence electrons. The number of alkyl halides is 3. The third kappa shape index (κ3) is 9.29. The third-order valence-electron chi connectivity index (χ3n) is 16.4. The Balaban J connectivity index is 1.16. The highest BCUT2D eigenvalue weighted by atomic mass is 19.4. The fourth-order valence-corrected chi connectivity index (χ4v) is 13.2. The molecule has 0 bridgehead atoms. The Labute approximate surface area is 487 Å². The van der Waals surface area contributed by atoms with Crippen molar-refractivity contribution in [3.8, 4) is 90.3 Å². The van der Waals surface area contributed by atoms with Gasteiger partial charge in [-0.1, -0.05) is 166 Å². The summed E-state index contributed by atoms with van der Waals surface area (Å²) in [7, 11) is 0. The summed E-state index contributed by atoms with van der Waals surface area (Å²) in [6, 6.07) is 72.3. The van der Waals surface area contributed by atoms with Gasteiger partial charge >= 0.3 is 6.18 Å². The Kier molecular flexibility index (Phi) is 12.9. The van der Waals surface area contributed by atoms with Crippen LogP contribution in [-0.4, -0.2) is 9.13 Å². The molecule has 4 nitrogen and oxygen atoms in total. The number of halogens is 3. The molecule has 11 aromatic carbocycles. The molecule has 0 unspecified atom stereocenters. The van der Waals surface area contributed by atoms with Crippen molar-refractivity contribution in [3.05, 3.63) is 261 Å². The Bertz CT molecular complexity index is 4710. The number of hydrogen-bond acceptors (Lipinski definition) is 2. The Morgan fingerprint density at radius 2 is 0.643 bits per heavy atom. The largest absolute Gasteiger partial charge is 0.416 e. The lowest BCUT2D eigenvalue weighted by Crippen LogP contribution is -2.07. The number of nitriles is 2. The van der Waals surface area contributed by atoms with Gasteiger partial charge in [-0.3, -0.25) is 0 Å². The maximum absolute atomic E-state index is 14.6. The van der Waals surface area contributed by atoms with E-state index in [0.717, 1.165) is 145 Å². The van der Waals surface area contributed by atoms with Gasteiger partial charge < -0.3 is 9.13 Å². The molecule has 0 aliphatic carbocycles. The summed E-state index contributed by atoms with van der Waals surface area (Å²) in [4.78, 5) is 0. The zero-order valence-corrected chi connectivity index (χ0v) is 48.0. The molecule has 0 N–H and O–H groups in total. The van der Waals surface area contributed by atoms with Gasteiger partial charge in [0.15, 0.2) is 0 Å². The molecule has 0 radical (unpaired) electrons. The van der Waals surface area contributed by atoms with Gasteiger partial charge in [0.25, 0.3) is 0 Å². The molecule has 0 saturated heterocycles. The average molecular weight is 1100 g/mol. The second kappa shape index (κ2) is 20.3. The first-order chi connectivity index (χ1) is 40.4. The van der Waals surface area contributed by atoms with Gasteiger partial charge in [-0.2, -0.15) is 23.7 Å². The minimum absolute atomic E-state index is 0.146. The normalized spacial score (nSPS) is 11.7. The SMILES string of the molecule is Cc1cc(C)cc(-c2ccc3c(c2)c2cc(-c4cc(C)cc(C)c4)ccc2n3-c2cccc(C#N)c2-c2c(-c3ccc(C(F)(F)F)cc3C#N)cccc2-n2c3ccc(-c4cc(C)cc(C)c4)cc3c3cc(-c4cc(C)cc(C)c4)ccc32)c1. The summed E-state index contributed by atoms with van der Waals surface area (Å²) in [5.74, 6) is 0. The van der Waals surface area contributed by atoms with E-state index in [1.54, 1.807) is 6.07 Å². The van der Waals surface area contributed by atoms with Gasteiger partial charge in [0, 0.05) is 38.2 Å². The first-order valence-corrected chi connectivity index (χ1v) is 28.2. The van der Waals surface area contributed by atoms with Crippen molar-refractivity contribution in [2.75, 3.05) is 0 Å². The smallest absolute Gasteiger partial charge is 0.309 e.